The van der Waals surface area contributed by atoms with Gasteiger partial charge in [-0.15, -0.1) is 0 Å². The van der Waals surface area contributed by atoms with Crippen molar-refractivity contribution in [1.29, 1.82) is 0 Å². The topological polar surface area (TPSA) is 93.0 Å². The molecule has 7 heteroatoms. The second kappa shape index (κ2) is 6.95. The molecule has 1 amide bonds. The highest BCUT2D eigenvalue weighted by Gasteiger charge is 2.32. The quantitative estimate of drug-likeness (QED) is 0.883. The first-order valence-corrected chi connectivity index (χ1v) is 8.00. The molecule has 1 fully saturated rings. The third kappa shape index (κ3) is 3.61. The Morgan fingerprint density at radius 3 is 2.78 bits per heavy atom. The van der Waals surface area contributed by atoms with Crippen LogP contribution in [0.25, 0.3) is 0 Å². The van der Waals surface area contributed by atoms with Crippen molar-refractivity contribution in [3.05, 3.63) is 35.7 Å². The minimum absolute atomic E-state index is 0.171. The van der Waals surface area contributed by atoms with E-state index in [0.717, 1.165) is 12.8 Å². The van der Waals surface area contributed by atoms with Crippen molar-refractivity contribution in [3.8, 4) is 0 Å². The number of carbonyl (C=O) groups is 1. The molecule has 0 bridgehead atoms. The fourth-order valence-corrected chi connectivity index (χ4v) is 2.73. The summed E-state index contributed by atoms with van der Waals surface area (Å²) in [5.74, 6) is 1.37. The number of nitrogens with zero attached hydrogens (tertiary/aromatic N) is 2. The number of H-pyrrole nitrogens is 1. The second-order valence-electron chi connectivity index (χ2n) is 6.13. The van der Waals surface area contributed by atoms with Crippen LogP contribution in [0, 0.1) is 5.92 Å². The Morgan fingerprint density at radius 2 is 2.17 bits per heavy atom. The maximum atomic E-state index is 12.4. The van der Waals surface area contributed by atoms with E-state index in [-0.39, 0.29) is 23.8 Å². The predicted octanol–water partition coefficient (Wildman–Crippen LogP) is 2.42. The second-order valence-corrected chi connectivity index (χ2v) is 6.13. The SMILES string of the molecule is CC(C)c1noc([C@@H](NC(=O)c2ccc[nH]2)C2CCOCC2)n1. The molecule has 2 N–H and O–H groups in total. The first kappa shape index (κ1) is 15.7. The van der Waals surface area contributed by atoms with Crippen LogP contribution in [0.4, 0.5) is 0 Å². The van der Waals surface area contributed by atoms with Gasteiger partial charge in [-0.2, -0.15) is 4.98 Å². The van der Waals surface area contributed by atoms with Gasteiger partial charge in [0, 0.05) is 25.3 Å². The lowest BCUT2D eigenvalue weighted by Gasteiger charge is -2.28. The van der Waals surface area contributed by atoms with Gasteiger partial charge >= 0.3 is 0 Å². The van der Waals surface area contributed by atoms with Crippen LogP contribution in [0.3, 0.4) is 0 Å². The molecule has 2 aromatic heterocycles. The van der Waals surface area contributed by atoms with Crippen LogP contribution >= 0.6 is 0 Å². The summed E-state index contributed by atoms with van der Waals surface area (Å²) in [5, 5.41) is 7.06. The van der Waals surface area contributed by atoms with E-state index in [4.69, 9.17) is 9.26 Å². The molecule has 0 saturated carbocycles. The zero-order chi connectivity index (χ0) is 16.2. The Labute approximate surface area is 134 Å². The smallest absolute Gasteiger partial charge is 0.268 e. The molecule has 0 unspecified atom stereocenters. The lowest BCUT2D eigenvalue weighted by Crippen LogP contribution is -2.36. The van der Waals surface area contributed by atoms with Crippen molar-refractivity contribution in [3.63, 3.8) is 0 Å². The van der Waals surface area contributed by atoms with Crippen LogP contribution in [0.5, 0.6) is 0 Å². The minimum atomic E-state index is -0.297. The minimum Gasteiger partial charge on any atom is -0.381 e. The number of ether oxygens (including phenoxy) is 1. The maximum absolute atomic E-state index is 12.4. The summed E-state index contributed by atoms with van der Waals surface area (Å²) < 4.78 is 10.9. The van der Waals surface area contributed by atoms with Gasteiger partial charge < -0.3 is 19.6 Å². The molecule has 0 radical (unpaired) electrons. The van der Waals surface area contributed by atoms with Crippen molar-refractivity contribution in [2.45, 2.75) is 38.6 Å². The molecule has 0 spiro atoms. The largest absolute Gasteiger partial charge is 0.381 e. The lowest BCUT2D eigenvalue weighted by molar-refractivity contribution is 0.0467. The van der Waals surface area contributed by atoms with Crippen molar-refractivity contribution >= 4 is 5.91 Å². The number of hydrogen-bond donors (Lipinski definition) is 2. The summed E-state index contributed by atoms with van der Waals surface area (Å²) in [7, 11) is 0. The zero-order valence-corrected chi connectivity index (χ0v) is 13.4. The summed E-state index contributed by atoms with van der Waals surface area (Å²) in [5.41, 5.74) is 0.519. The first-order chi connectivity index (χ1) is 11.1. The first-order valence-electron chi connectivity index (χ1n) is 8.00. The average molecular weight is 318 g/mol. The van der Waals surface area contributed by atoms with Gasteiger partial charge in [0.15, 0.2) is 5.82 Å². The van der Waals surface area contributed by atoms with Gasteiger partial charge in [0.1, 0.15) is 11.7 Å². The molecule has 1 saturated heterocycles. The van der Waals surface area contributed by atoms with E-state index in [1.165, 1.54) is 0 Å². The van der Waals surface area contributed by atoms with Crippen LogP contribution in [0.2, 0.25) is 0 Å². The molecule has 7 nitrogen and oxygen atoms in total. The maximum Gasteiger partial charge on any atom is 0.268 e. The summed E-state index contributed by atoms with van der Waals surface area (Å²) in [4.78, 5) is 19.8. The molecule has 2 aromatic rings. The van der Waals surface area contributed by atoms with Gasteiger partial charge in [-0.1, -0.05) is 19.0 Å². The van der Waals surface area contributed by atoms with Crippen molar-refractivity contribution in [2.75, 3.05) is 13.2 Å². The summed E-state index contributed by atoms with van der Waals surface area (Å²) >= 11 is 0. The van der Waals surface area contributed by atoms with Crippen LogP contribution in [-0.4, -0.2) is 34.2 Å². The Morgan fingerprint density at radius 1 is 1.39 bits per heavy atom. The van der Waals surface area contributed by atoms with E-state index < -0.39 is 0 Å². The molecule has 1 aliphatic rings. The third-order valence-electron chi connectivity index (χ3n) is 4.11. The Hall–Kier alpha value is -2.15. The molecule has 1 aliphatic heterocycles. The fourth-order valence-electron chi connectivity index (χ4n) is 2.73. The number of aromatic amines is 1. The number of hydrogen-bond acceptors (Lipinski definition) is 5. The molecule has 1 atom stereocenters. The number of amides is 1. The van der Waals surface area contributed by atoms with Crippen LogP contribution in [-0.2, 0) is 4.74 Å². The number of nitrogens with one attached hydrogen (secondary N) is 2. The predicted molar refractivity (Wildman–Crippen MR) is 82.9 cm³/mol. The number of rotatable bonds is 5. The van der Waals surface area contributed by atoms with E-state index in [1.54, 1.807) is 18.3 Å². The average Bonchev–Trinajstić information content (AvgIpc) is 3.24. The Bertz CT molecular complexity index is 630. The van der Waals surface area contributed by atoms with Gasteiger partial charge in [-0.25, -0.2) is 0 Å². The number of carbonyl (C=O) groups excluding carboxylic acids is 1. The summed E-state index contributed by atoms with van der Waals surface area (Å²) in [6, 6.07) is 3.24. The van der Waals surface area contributed by atoms with Crippen LogP contribution in [0.1, 0.15) is 60.9 Å². The molecule has 23 heavy (non-hydrogen) atoms. The van der Waals surface area contributed by atoms with Gasteiger partial charge in [0.2, 0.25) is 5.89 Å². The molecule has 0 aromatic carbocycles. The van der Waals surface area contributed by atoms with E-state index in [1.807, 2.05) is 13.8 Å². The lowest BCUT2D eigenvalue weighted by atomic mass is 9.91. The van der Waals surface area contributed by atoms with Crippen molar-refractivity contribution < 1.29 is 14.1 Å². The van der Waals surface area contributed by atoms with Gasteiger partial charge in [0.05, 0.1) is 0 Å². The molecular weight excluding hydrogens is 296 g/mol. The Balaban J connectivity index is 1.81. The third-order valence-corrected chi connectivity index (χ3v) is 4.11. The molecule has 3 rings (SSSR count). The normalized spacial score (nSPS) is 17.3. The van der Waals surface area contributed by atoms with E-state index in [0.29, 0.717) is 30.6 Å². The standard InChI is InChI=1S/C16H22N4O3/c1-10(2)14-19-16(23-20-14)13(11-5-8-22-9-6-11)18-15(21)12-4-3-7-17-12/h3-4,7,10-11,13,17H,5-6,8-9H2,1-2H3,(H,18,21)/t13-/m0/s1. The summed E-state index contributed by atoms with van der Waals surface area (Å²) in [6.07, 6.45) is 3.44. The van der Waals surface area contributed by atoms with Gasteiger partial charge in [-0.05, 0) is 30.9 Å². The fraction of sp³-hybridized carbons (Fsp3) is 0.562. The monoisotopic (exact) mass is 318 g/mol. The van der Waals surface area contributed by atoms with Crippen LogP contribution in [0.15, 0.2) is 22.9 Å². The van der Waals surface area contributed by atoms with Crippen LogP contribution < -0.4 is 5.32 Å². The zero-order valence-electron chi connectivity index (χ0n) is 13.4. The van der Waals surface area contributed by atoms with Gasteiger partial charge in [-0.3, -0.25) is 4.79 Å². The highest BCUT2D eigenvalue weighted by molar-refractivity contribution is 5.92. The van der Waals surface area contributed by atoms with E-state index >= 15 is 0 Å². The molecular formula is C16H22N4O3. The van der Waals surface area contributed by atoms with E-state index in [2.05, 4.69) is 20.4 Å². The highest BCUT2D eigenvalue weighted by Crippen LogP contribution is 2.30. The van der Waals surface area contributed by atoms with Crippen molar-refractivity contribution in [1.82, 2.24) is 20.4 Å². The van der Waals surface area contributed by atoms with E-state index in [9.17, 15) is 4.79 Å². The summed E-state index contributed by atoms with van der Waals surface area (Å²) in [6.45, 7) is 5.39. The molecule has 124 valence electrons. The van der Waals surface area contributed by atoms with Crippen molar-refractivity contribution in [2.24, 2.45) is 5.92 Å². The highest BCUT2D eigenvalue weighted by atomic mass is 16.5. The molecule has 0 aliphatic carbocycles. The number of aromatic nitrogens is 3. The molecule has 3 heterocycles. The van der Waals surface area contributed by atoms with Gasteiger partial charge in [0.25, 0.3) is 5.91 Å². The Kier molecular flexibility index (Phi) is 4.76.